The zero-order valence-corrected chi connectivity index (χ0v) is 25.0. The quantitative estimate of drug-likeness (QED) is 0.321. The molecule has 1 aliphatic rings. The van der Waals surface area contributed by atoms with E-state index in [-0.39, 0.29) is 0 Å². The van der Waals surface area contributed by atoms with Gasteiger partial charge >= 0.3 is 35.0 Å². The molecule has 8 heteroatoms. The van der Waals surface area contributed by atoms with Gasteiger partial charge in [-0.05, 0) is 37.8 Å². The summed E-state index contributed by atoms with van der Waals surface area (Å²) < 4.78 is 28.9. The van der Waals surface area contributed by atoms with Crippen molar-refractivity contribution in [3.63, 3.8) is 0 Å². The van der Waals surface area contributed by atoms with Crippen molar-refractivity contribution in [2.45, 2.75) is 0 Å². The normalized spacial score (nSPS) is 26.0. The molecule has 2 unspecified atom stereocenters. The first kappa shape index (κ1) is 26.4. The Morgan fingerprint density at radius 3 is 1.11 bits per heavy atom. The van der Waals surface area contributed by atoms with E-state index in [1.807, 2.05) is 138 Å². The van der Waals surface area contributed by atoms with Gasteiger partial charge in [-0.15, -0.1) is 19.7 Å². The molecule has 0 amide bonds. The molecule has 4 aromatic rings. The molecule has 189 valence electrons. The lowest BCUT2D eigenvalue weighted by Gasteiger charge is -2.47. The molecule has 0 spiro atoms. The van der Waals surface area contributed by atoms with E-state index in [2.05, 4.69) is 19.7 Å². The molecule has 0 bridgehead atoms. The van der Waals surface area contributed by atoms with Crippen molar-refractivity contribution < 1.29 is 16.5 Å². The van der Waals surface area contributed by atoms with E-state index in [1.165, 1.54) is 0 Å². The molecule has 38 heavy (non-hydrogen) atoms. The maximum atomic E-state index is 7.30. The second-order valence-electron chi connectivity index (χ2n) is 8.77. The van der Waals surface area contributed by atoms with Crippen LogP contribution >= 0.6 is 0 Å². The lowest BCUT2D eigenvalue weighted by atomic mass is 10.4. The van der Waals surface area contributed by atoms with Crippen LogP contribution in [0.5, 0.6) is 0 Å². The molecule has 0 N–H and O–H groups in total. The van der Waals surface area contributed by atoms with Crippen LogP contribution in [0.2, 0.25) is 0 Å². The minimum absolute atomic E-state index is 0.918. The van der Waals surface area contributed by atoms with Crippen LogP contribution in [-0.2, 0) is 16.5 Å². The van der Waals surface area contributed by atoms with Crippen LogP contribution in [0, 0.1) is 0 Å². The van der Waals surface area contributed by atoms with Crippen molar-refractivity contribution in [1.82, 2.24) is 0 Å². The molecule has 1 saturated heterocycles. The second kappa shape index (κ2) is 11.3. The summed E-state index contributed by atoms with van der Waals surface area (Å²) in [7, 11) is -12.2. The third kappa shape index (κ3) is 4.96. The fourth-order valence-corrected chi connectivity index (χ4v) is 21.4. The van der Waals surface area contributed by atoms with E-state index in [0.29, 0.717) is 0 Å². The van der Waals surface area contributed by atoms with E-state index in [9.17, 15) is 0 Å². The van der Waals surface area contributed by atoms with Crippen LogP contribution in [0.25, 0.3) is 0 Å². The Bertz CT molecular complexity index is 1330. The van der Waals surface area contributed by atoms with Gasteiger partial charge < -0.3 is 16.5 Å². The highest BCUT2D eigenvalue weighted by Gasteiger charge is 2.59. The molecule has 5 rings (SSSR count). The van der Waals surface area contributed by atoms with Gasteiger partial charge in [-0.2, -0.15) is 0 Å². The Hall–Kier alpha value is -3.19. The summed E-state index contributed by atoms with van der Waals surface area (Å²) in [6, 6.07) is 40.1. The van der Waals surface area contributed by atoms with Gasteiger partial charge in [0, 0.05) is 0 Å². The van der Waals surface area contributed by atoms with E-state index in [1.54, 1.807) is 0 Å². The first-order valence-electron chi connectivity index (χ1n) is 12.4. The molecular weight excluding hydrogens is 537 g/mol. The fraction of sp³-hybridized carbons (Fsp3) is 0. The smallest absolute Gasteiger partial charge is 0.405 e. The van der Waals surface area contributed by atoms with Gasteiger partial charge in [0.25, 0.3) is 0 Å². The van der Waals surface area contributed by atoms with Gasteiger partial charge in [0.1, 0.15) is 0 Å². The first-order chi connectivity index (χ1) is 18.6. The van der Waals surface area contributed by atoms with E-state index in [4.69, 9.17) is 16.5 Å². The summed E-state index contributed by atoms with van der Waals surface area (Å²) in [4.78, 5) is 0. The van der Waals surface area contributed by atoms with Crippen molar-refractivity contribution in [2.75, 3.05) is 0 Å². The molecule has 1 radical (unpaired) electrons. The summed E-state index contributed by atoms with van der Waals surface area (Å²) in [5.74, 6) is 0. The Kier molecular flexibility index (Phi) is 7.84. The topological polar surface area (TPSA) is 36.9 Å². The van der Waals surface area contributed by atoms with Crippen LogP contribution in [0.1, 0.15) is 0 Å². The van der Waals surface area contributed by atoms with Crippen LogP contribution in [0.3, 0.4) is 0 Å². The molecule has 0 aliphatic carbocycles. The third-order valence-electron chi connectivity index (χ3n) is 6.44. The van der Waals surface area contributed by atoms with Gasteiger partial charge in [0.15, 0.2) is 0 Å². The maximum Gasteiger partial charge on any atom is 0.405 e. The predicted octanol–water partition coefficient (Wildman–Crippen LogP) is 3.69. The molecule has 1 aliphatic heterocycles. The van der Waals surface area contributed by atoms with Crippen LogP contribution in [0.15, 0.2) is 158 Å². The highest BCUT2D eigenvalue weighted by Crippen LogP contribution is 2.29. The average molecular weight is 566 g/mol. The zero-order valence-electron chi connectivity index (χ0n) is 21.0. The highest BCUT2D eigenvalue weighted by atomic mass is 28.5. The maximum absolute atomic E-state index is 7.30. The molecule has 0 saturated carbocycles. The Morgan fingerprint density at radius 1 is 0.447 bits per heavy atom. The van der Waals surface area contributed by atoms with Crippen LogP contribution in [0.4, 0.5) is 0 Å². The van der Waals surface area contributed by atoms with E-state index in [0.717, 1.165) is 20.7 Å². The standard InChI is InChI=1S/C30H29O4Si4/c1-4-36(28-21-13-8-14-22-28)31-35(27-19-11-7-12-20-27)32-37(5-2,29-23-15-9-16-24-29)34-38(6-3,33-36)30-25-17-10-18-26-30/h4-26H,1-3H2. The second-order valence-corrected chi connectivity index (χ2v) is 20.2. The molecule has 1 heterocycles. The zero-order chi connectivity index (χ0) is 26.5. The van der Waals surface area contributed by atoms with Gasteiger partial charge in [0.2, 0.25) is 0 Å². The molecule has 4 nitrogen and oxygen atoms in total. The third-order valence-corrected chi connectivity index (χ3v) is 21.0. The monoisotopic (exact) mass is 565 g/mol. The van der Waals surface area contributed by atoms with E-state index >= 15 is 0 Å². The average Bonchev–Trinajstić information content (AvgIpc) is 3.00. The summed E-state index contributed by atoms with van der Waals surface area (Å²) in [6.07, 6.45) is 0. The summed E-state index contributed by atoms with van der Waals surface area (Å²) >= 11 is 0. The van der Waals surface area contributed by atoms with Crippen molar-refractivity contribution in [3.05, 3.63) is 158 Å². The minimum Gasteiger partial charge on any atom is -0.405 e. The number of rotatable bonds is 7. The summed E-state index contributed by atoms with van der Waals surface area (Å²) in [5, 5.41) is 3.74. The minimum atomic E-state index is -3.41. The Morgan fingerprint density at radius 2 is 0.763 bits per heavy atom. The fourth-order valence-electron chi connectivity index (χ4n) is 4.47. The Balaban J connectivity index is 1.78. The molecule has 4 aromatic carbocycles. The van der Waals surface area contributed by atoms with Gasteiger partial charge in [-0.25, -0.2) is 0 Å². The molecule has 2 atom stereocenters. The summed E-state index contributed by atoms with van der Waals surface area (Å²) in [5.41, 5.74) is 5.50. The van der Waals surface area contributed by atoms with Gasteiger partial charge in [-0.3, -0.25) is 0 Å². The van der Waals surface area contributed by atoms with E-state index < -0.39 is 35.0 Å². The number of benzene rings is 4. The van der Waals surface area contributed by atoms with Crippen molar-refractivity contribution in [2.24, 2.45) is 0 Å². The van der Waals surface area contributed by atoms with Gasteiger partial charge in [-0.1, -0.05) is 121 Å². The molecule has 1 fully saturated rings. The number of hydrogen-bond acceptors (Lipinski definition) is 4. The SMILES string of the molecule is C=C[Si]1(c2ccccc2)O[Si](c2ccccc2)O[Si](C=C)(c2ccccc2)O[Si](C=C)(c2ccccc2)O1. The van der Waals surface area contributed by atoms with Crippen LogP contribution in [-0.4, -0.2) is 35.0 Å². The lowest BCUT2D eigenvalue weighted by Crippen LogP contribution is -2.75. The highest BCUT2D eigenvalue weighted by molar-refractivity contribution is 7.06. The molecule has 0 aromatic heterocycles. The molecular formula is C30H29O4Si4. The van der Waals surface area contributed by atoms with Crippen molar-refractivity contribution in [3.8, 4) is 0 Å². The van der Waals surface area contributed by atoms with Crippen molar-refractivity contribution in [1.29, 1.82) is 0 Å². The first-order valence-corrected chi connectivity index (χ1v) is 19.4. The summed E-state index contributed by atoms with van der Waals surface area (Å²) in [6.45, 7) is 12.7. The van der Waals surface area contributed by atoms with Crippen LogP contribution < -0.4 is 20.7 Å². The lowest BCUT2D eigenvalue weighted by molar-refractivity contribution is 0.276. The number of hydrogen-bond donors (Lipinski definition) is 0. The van der Waals surface area contributed by atoms with Gasteiger partial charge in [0.05, 0.1) is 0 Å². The van der Waals surface area contributed by atoms with Crippen molar-refractivity contribution >= 4 is 55.7 Å². The largest absolute Gasteiger partial charge is 0.405 e. The predicted molar refractivity (Wildman–Crippen MR) is 162 cm³/mol. The Labute approximate surface area is 229 Å².